The number of aromatic nitrogens is 3. The highest BCUT2D eigenvalue weighted by Gasteiger charge is 2.03. The predicted molar refractivity (Wildman–Crippen MR) is 39.8 cm³/mol. The second-order valence-electron chi connectivity index (χ2n) is 2.44. The predicted octanol–water partition coefficient (Wildman–Crippen LogP) is 0.667. The van der Waals surface area contributed by atoms with Crippen LogP contribution in [0.1, 0.15) is 25.6 Å². The third kappa shape index (κ3) is 1.54. The van der Waals surface area contributed by atoms with Gasteiger partial charge >= 0.3 is 0 Å². The van der Waals surface area contributed by atoms with E-state index in [9.17, 15) is 0 Å². The Balaban J connectivity index is 2.96. The molecule has 1 rings (SSSR count). The molecule has 0 aliphatic rings. The molecule has 60 valence electrons. The molecule has 1 aromatic rings. The normalized spacial score (nSPS) is 11.5. The Bertz CT molecular complexity index is 253. The van der Waals surface area contributed by atoms with E-state index in [0.717, 1.165) is 0 Å². The summed E-state index contributed by atoms with van der Waals surface area (Å²) >= 11 is 0. The van der Waals surface area contributed by atoms with E-state index in [2.05, 4.69) is 15.5 Å². The smallest absolute Gasteiger partial charge is 0.103 e. The van der Waals surface area contributed by atoms with Gasteiger partial charge in [0.2, 0.25) is 0 Å². The first-order valence-electron chi connectivity index (χ1n) is 3.33. The van der Waals surface area contributed by atoms with Gasteiger partial charge < -0.3 is 5.21 Å². The van der Waals surface area contributed by atoms with Crippen LogP contribution in [0.4, 0.5) is 0 Å². The summed E-state index contributed by atoms with van der Waals surface area (Å²) in [4.78, 5) is 0. The van der Waals surface area contributed by atoms with Gasteiger partial charge in [-0.25, -0.2) is 4.68 Å². The molecule has 0 spiro atoms. The summed E-state index contributed by atoms with van der Waals surface area (Å²) in [5.41, 5.74) is 0.697. The van der Waals surface area contributed by atoms with Crippen LogP contribution in [0.3, 0.4) is 0 Å². The Labute approximate surface area is 64.3 Å². The highest BCUT2D eigenvalue weighted by atomic mass is 16.4. The van der Waals surface area contributed by atoms with Crippen LogP contribution < -0.4 is 0 Å². The zero-order valence-corrected chi connectivity index (χ0v) is 6.47. The molecule has 0 atom stereocenters. The molecule has 0 aliphatic carbocycles. The lowest BCUT2D eigenvalue weighted by molar-refractivity contribution is 0.321. The van der Waals surface area contributed by atoms with Crippen molar-refractivity contribution in [2.45, 2.75) is 19.9 Å². The Morgan fingerprint density at radius 1 is 1.73 bits per heavy atom. The lowest BCUT2D eigenvalue weighted by Crippen LogP contribution is -2.06. The third-order valence-electron chi connectivity index (χ3n) is 1.28. The molecular weight excluding hydrogens is 144 g/mol. The van der Waals surface area contributed by atoms with Gasteiger partial charge in [0.15, 0.2) is 0 Å². The van der Waals surface area contributed by atoms with Crippen LogP contribution in [-0.2, 0) is 0 Å². The van der Waals surface area contributed by atoms with Crippen LogP contribution in [0, 0.1) is 0 Å². The van der Waals surface area contributed by atoms with Gasteiger partial charge in [-0.3, -0.25) is 0 Å². The Hall–Kier alpha value is -1.39. The Kier molecular flexibility index (Phi) is 2.20. The fourth-order valence-corrected chi connectivity index (χ4v) is 0.804. The summed E-state index contributed by atoms with van der Waals surface area (Å²) in [5.74, 6) is 0. The molecule has 11 heavy (non-hydrogen) atoms. The number of hydrogen-bond acceptors (Lipinski definition) is 4. The monoisotopic (exact) mass is 154 g/mol. The number of hydrogen-bond donors (Lipinski definition) is 1. The summed E-state index contributed by atoms with van der Waals surface area (Å²) in [6.07, 6.45) is 2.85. The van der Waals surface area contributed by atoms with Gasteiger partial charge in [0, 0.05) is 6.04 Å². The van der Waals surface area contributed by atoms with Crippen LogP contribution in [0.25, 0.3) is 0 Å². The highest BCUT2D eigenvalue weighted by molar-refractivity contribution is 5.75. The van der Waals surface area contributed by atoms with Crippen molar-refractivity contribution in [2.75, 3.05) is 0 Å². The minimum absolute atomic E-state index is 0.227. The summed E-state index contributed by atoms with van der Waals surface area (Å²) in [5, 5.41) is 18.6. The maximum Gasteiger partial charge on any atom is 0.103 e. The maximum absolute atomic E-state index is 8.24. The minimum Gasteiger partial charge on any atom is -0.411 e. The average molecular weight is 154 g/mol. The van der Waals surface area contributed by atoms with Gasteiger partial charge in [-0.05, 0) is 13.8 Å². The lowest BCUT2D eigenvalue weighted by Gasteiger charge is -2.04. The van der Waals surface area contributed by atoms with E-state index >= 15 is 0 Å². The standard InChI is InChI=1S/C6H10N4O/c1-5(2)10-6(4-8-11)3-7-9-10/h3-5,11H,1-2H3. The fourth-order valence-electron chi connectivity index (χ4n) is 0.804. The zero-order valence-electron chi connectivity index (χ0n) is 6.47. The van der Waals surface area contributed by atoms with Crippen molar-refractivity contribution in [3.63, 3.8) is 0 Å². The molecule has 0 saturated carbocycles. The first-order chi connectivity index (χ1) is 5.25. The molecule has 5 heteroatoms. The summed E-state index contributed by atoms with van der Waals surface area (Å²) in [6, 6.07) is 0.227. The van der Waals surface area contributed by atoms with Gasteiger partial charge in [0.05, 0.1) is 12.4 Å². The molecule has 1 heterocycles. The maximum atomic E-state index is 8.24. The number of oxime groups is 1. The molecule has 0 fully saturated rings. The molecule has 1 N–H and O–H groups in total. The molecule has 0 bridgehead atoms. The lowest BCUT2D eigenvalue weighted by atomic mass is 10.4. The van der Waals surface area contributed by atoms with Crippen LogP contribution in [0.5, 0.6) is 0 Å². The molecule has 0 amide bonds. The van der Waals surface area contributed by atoms with Crippen molar-refractivity contribution in [3.05, 3.63) is 11.9 Å². The van der Waals surface area contributed by atoms with Crippen molar-refractivity contribution in [1.29, 1.82) is 0 Å². The summed E-state index contributed by atoms with van der Waals surface area (Å²) < 4.78 is 1.67. The Morgan fingerprint density at radius 2 is 2.45 bits per heavy atom. The van der Waals surface area contributed by atoms with E-state index in [-0.39, 0.29) is 6.04 Å². The molecule has 0 aromatic carbocycles. The summed E-state index contributed by atoms with van der Waals surface area (Å²) in [6.45, 7) is 3.95. The van der Waals surface area contributed by atoms with E-state index < -0.39 is 0 Å². The molecule has 0 aliphatic heterocycles. The first-order valence-corrected chi connectivity index (χ1v) is 3.33. The molecule has 0 radical (unpaired) electrons. The van der Waals surface area contributed by atoms with Crippen LogP contribution in [0.2, 0.25) is 0 Å². The zero-order chi connectivity index (χ0) is 8.27. The van der Waals surface area contributed by atoms with Gasteiger partial charge in [-0.15, -0.1) is 5.10 Å². The van der Waals surface area contributed by atoms with Gasteiger partial charge in [0.1, 0.15) is 5.69 Å². The number of nitrogens with zero attached hydrogens (tertiary/aromatic N) is 4. The third-order valence-corrected chi connectivity index (χ3v) is 1.28. The van der Waals surface area contributed by atoms with Crippen LogP contribution >= 0.6 is 0 Å². The second-order valence-corrected chi connectivity index (χ2v) is 2.44. The minimum atomic E-state index is 0.227. The van der Waals surface area contributed by atoms with Crippen molar-refractivity contribution >= 4 is 6.21 Å². The van der Waals surface area contributed by atoms with E-state index in [1.54, 1.807) is 10.9 Å². The first kappa shape index (κ1) is 7.71. The fraction of sp³-hybridized carbons (Fsp3) is 0.500. The van der Waals surface area contributed by atoms with Crippen molar-refractivity contribution in [3.8, 4) is 0 Å². The SMILES string of the molecule is CC(C)n1nncc1C=NO. The van der Waals surface area contributed by atoms with Gasteiger partial charge in [0.25, 0.3) is 0 Å². The quantitative estimate of drug-likeness (QED) is 0.387. The average Bonchev–Trinajstić information content (AvgIpc) is 2.36. The van der Waals surface area contributed by atoms with Crippen LogP contribution in [0.15, 0.2) is 11.4 Å². The van der Waals surface area contributed by atoms with E-state index in [4.69, 9.17) is 5.21 Å². The van der Waals surface area contributed by atoms with E-state index in [1.165, 1.54) is 6.21 Å². The van der Waals surface area contributed by atoms with E-state index in [0.29, 0.717) is 5.69 Å². The molecular formula is C6H10N4O. The second kappa shape index (κ2) is 3.14. The molecule has 5 nitrogen and oxygen atoms in total. The molecule has 1 aromatic heterocycles. The van der Waals surface area contributed by atoms with Crippen molar-refractivity contribution < 1.29 is 5.21 Å². The van der Waals surface area contributed by atoms with E-state index in [1.807, 2.05) is 13.8 Å². The highest BCUT2D eigenvalue weighted by Crippen LogP contribution is 2.03. The molecule has 0 unspecified atom stereocenters. The Morgan fingerprint density at radius 3 is 3.00 bits per heavy atom. The number of rotatable bonds is 2. The topological polar surface area (TPSA) is 63.3 Å². The molecule has 0 saturated heterocycles. The van der Waals surface area contributed by atoms with Crippen LogP contribution in [-0.4, -0.2) is 26.4 Å². The van der Waals surface area contributed by atoms with Gasteiger partial charge in [-0.1, -0.05) is 10.4 Å². The summed E-state index contributed by atoms with van der Waals surface area (Å²) in [7, 11) is 0. The largest absolute Gasteiger partial charge is 0.411 e. The van der Waals surface area contributed by atoms with Crippen molar-refractivity contribution in [1.82, 2.24) is 15.0 Å². The van der Waals surface area contributed by atoms with Crippen molar-refractivity contribution in [2.24, 2.45) is 5.16 Å². The van der Waals surface area contributed by atoms with Gasteiger partial charge in [-0.2, -0.15) is 0 Å².